The number of halogens is 3. The van der Waals surface area contributed by atoms with E-state index in [4.69, 9.17) is 5.11 Å². The lowest BCUT2D eigenvalue weighted by Gasteiger charge is -2.08. The van der Waals surface area contributed by atoms with Crippen LogP contribution in [0.25, 0.3) is 0 Å². The molecule has 0 unspecified atom stereocenters. The molecule has 0 fully saturated rings. The summed E-state index contributed by atoms with van der Waals surface area (Å²) >= 11 is -0.228. The zero-order valence-corrected chi connectivity index (χ0v) is 10.4. The summed E-state index contributed by atoms with van der Waals surface area (Å²) in [5.74, 6) is -2.01. The Balaban J connectivity index is 2.46. The van der Waals surface area contributed by atoms with Gasteiger partial charge in [-0.1, -0.05) is 0 Å². The summed E-state index contributed by atoms with van der Waals surface area (Å²) in [6.07, 6.45) is 1.41. The number of rotatable bonds is 6. The van der Waals surface area contributed by atoms with Gasteiger partial charge in [0.2, 0.25) is 0 Å². The van der Waals surface area contributed by atoms with E-state index in [9.17, 15) is 22.8 Å². The molecule has 0 aliphatic rings. The Morgan fingerprint density at radius 1 is 1.42 bits per heavy atom. The standard InChI is InChI=1S/C10H11F3N2O3S/c11-10(12,13)19-5-3-14-9(18)7-2-1-4-15(7)6-8(16)17/h1-2,4H,3,5-6H2,(H,14,18)(H,16,17). The van der Waals surface area contributed by atoms with Crippen LogP contribution in [0.2, 0.25) is 0 Å². The van der Waals surface area contributed by atoms with Gasteiger partial charge < -0.3 is 15.0 Å². The first-order valence-corrected chi connectivity index (χ1v) is 6.14. The number of thioether (sulfide) groups is 1. The zero-order valence-electron chi connectivity index (χ0n) is 9.61. The van der Waals surface area contributed by atoms with Crippen molar-refractivity contribution in [2.45, 2.75) is 12.1 Å². The van der Waals surface area contributed by atoms with E-state index in [0.29, 0.717) is 0 Å². The quantitative estimate of drug-likeness (QED) is 0.781. The summed E-state index contributed by atoms with van der Waals surface area (Å²) < 4.78 is 36.7. The number of aromatic nitrogens is 1. The van der Waals surface area contributed by atoms with Crippen molar-refractivity contribution in [3.05, 3.63) is 24.0 Å². The summed E-state index contributed by atoms with van der Waals surface area (Å²) in [5.41, 5.74) is -4.23. The Bertz CT molecular complexity index is 459. The fourth-order valence-corrected chi connectivity index (χ4v) is 1.76. The Labute approximate surface area is 110 Å². The number of nitrogens with zero attached hydrogens (tertiary/aromatic N) is 1. The molecule has 0 saturated carbocycles. The number of carbonyl (C=O) groups excluding carboxylic acids is 1. The van der Waals surface area contributed by atoms with Crippen molar-refractivity contribution in [3.8, 4) is 0 Å². The molecular formula is C10H11F3N2O3S. The van der Waals surface area contributed by atoms with Gasteiger partial charge in [-0.15, -0.1) is 0 Å². The monoisotopic (exact) mass is 296 g/mol. The average molecular weight is 296 g/mol. The molecule has 0 aliphatic heterocycles. The van der Waals surface area contributed by atoms with Crippen LogP contribution in [-0.2, 0) is 11.3 Å². The SMILES string of the molecule is O=C(O)Cn1cccc1C(=O)NCCSC(F)(F)F. The van der Waals surface area contributed by atoms with Gasteiger partial charge in [0.05, 0.1) is 0 Å². The van der Waals surface area contributed by atoms with Gasteiger partial charge >= 0.3 is 11.5 Å². The molecule has 0 radical (unpaired) electrons. The number of alkyl halides is 3. The smallest absolute Gasteiger partial charge is 0.441 e. The van der Waals surface area contributed by atoms with E-state index < -0.39 is 17.4 Å². The number of carbonyl (C=O) groups is 2. The molecule has 1 amide bonds. The predicted molar refractivity (Wildman–Crippen MR) is 62.9 cm³/mol. The number of hydrogen-bond donors (Lipinski definition) is 2. The lowest BCUT2D eigenvalue weighted by molar-refractivity contribution is -0.137. The van der Waals surface area contributed by atoms with Gasteiger partial charge in [0, 0.05) is 18.5 Å². The molecule has 0 saturated heterocycles. The first-order valence-electron chi connectivity index (χ1n) is 5.15. The van der Waals surface area contributed by atoms with Crippen molar-refractivity contribution < 1.29 is 27.9 Å². The van der Waals surface area contributed by atoms with Crippen LogP contribution in [-0.4, -0.2) is 39.4 Å². The molecule has 0 atom stereocenters. The molecule has 1 aromatic rings. The van der Waals surface area contributed by atoms with E-state index >= 15 is 0 Å². The van der Waals surface area contributed by atoms with Crippen LogP contribution in [0.5, 0.6) is 0 Å². The van der Waals surface area contributed by atoms with E-state index in [-0.39, 0.29) is 36.3 Å². The highest BCUT2D eigenvalue weighted by molar-refractivity contribution is 8.00. The summed E-state index contributed by atoms with van der Waals surface area (Å²) in [6.45, 7) is -0.533. The molecule has 1 aromatic heterocycles. The van der Waals surface area contributed by atoms with E-state index in [1.807, 2.05) is 0 Å². The van der Waals surface area contributed by atoms with Crippen molar-refractivity contribution in [2.75, 3.05) is 12.3 Å². The topological polar surface area (TPSA) is 71.3 Å². The number of carboxylic acids is 1. The van der Waals surface area contributed by atoms with Crippen LogP contribution in [0.1, 0.15) is 10.5 Å². The number of nitrogens with one attached hydrogen (secondary N) is 1. The van der Waals surface area contributed by atoms with Crippen LogP contribution in [0.3, 0.4) is 0 Å². The Morgan fingerprint density at radius 2 is 2.11 bits per heavy atom. The second-order valence-electron chi connectivity index (χ2n) is 3.47. The highest BCUT2D eigenvalue weighted by atomic mass is 32.2. The fourth-order valence-electron chi connectivity index (χ4n) is 1.33. The molecule has 5 nitrogen and oxygen atoms in total. The first-order chi connectivity index (χ1) is 8.79. The summed E-state index contributed by atoms with van der Waals surface area (Å²) in [7, 11) is 0. The predicted octanol–water partition coefficient (Wildman–Crippen LogP) is 1.56. The van der Waals surface area contributed by atoms with Crippen LogP contribution < -0.4 is 5.32 Å². The maximum atomic E-state index is 11.8. The van der Waals surface area contributed by atoms with E-state index in [0.717, 1.165) is 0 Å². The van der Waals surface area contributed by atoms with Gasteiger partial charge in [-0.3, -0.25) is 9.59 Å². The van der Waals surface area contributed by atoms with Crippen LogP contribution in [0.4, 0.5) is 13.2 Å². The van der Waals surface area contributed by atoms with Crippen molar-refractivity contribution in [1.29, 1.82) is 0 Å². The molecule has 0 bridgehead atoms. The molecule has 9 heteroatoms. The van der Waals surface area contributed by atoms with Crippen LogP contribution in [0.15, 0.2) is 18.3 Å². The third-order valence-electron chi connectivity index (χ3n) is 2.02. The zero-order chi connectivity index (χ0) is 14.5. The van der Waals surface area contributed by atoms with Crippen molar-refractivity contribution in [1.82, 2.24) is 9.88 Å². The maximum absolute atomic E-state index is 11.8. The summed E-state index contributed by atoms with van der Waals surface area (Å²) in [4.78, 5) is 22.1. The van der Waals surface area contributed by atoms with Crippen molar-refractivity contribution in [2.24, 2.45) is 0 Å². The Kier molecular flexibility index (Phi) is 5.28. The average Bonchev–Trinajstić information content (AvgIpc) is 2.70. The molecule has 0 aromatic carbocycles. The lowest BCUT2D eigenvalue weighted by atomic mass is 10.4. The van der Waals surface area contributed by atoms with Gasteiger partial charge in [-0.25, -0.2) is 0 Å². The molecule has 106 valence electrons. The molecule has 0 spiro atoms. The van der Waals surface area contributed by atoms with Crippen LogP contribution >= 0.6 is 11.8 Å². The first kappa shape index (κ1) is 15.4. The normalized spacial score (nSPS) is 11.3. The molecule has 2 N–H and O–H groups in total. The largest absolute Gasteiger partial charge is 0.480 e. The van der Waals surface area contributed by atoms with E-state index in [2.05, 4.69) is 5.32 Å². The van der Waals surface area contributed by atoms with Gasteiger partial charge in [-0.2, -0.15) is 13.2 Å². The lowest BCUT2D eigenvalue weighted by Crippen LogP contribution is -2.29. The molecule has 1 rings (SSSR count). The molecule has 19 heavy (non-hydrogen) atoms. The van der Waals surface area contributed by atoms with Crippen LogP contribution in [0, 0.1) is 0 Å². The number of hydrogen-bond acceptors (Lipinski definition) is 3. The minimum absolute atomic E-state index is 0.0967. The second-order valence-corrected chi connectivity index (χ2v) is 4.63. The van der Waals surface area contributed by atoms with Crippen molar-refractivity contribution >= 4 is 23.6 Å². The van der Waals surface area contributed by atoms with Gasteiger partial charge in [0.15, 0.2) is 0 Å². The third kappa shape index (κ3) is 5.69. The minimum Gasteiger partial charge on any atom is -0.480 e. The molecule has 0 aliphatic carbocycles. The number of amides is 1. The third-order valence-corrected chi connectivity index (χ3v) is 2.76. The van der Waals surface area contributed by atoms with Gasteiger partial charge in [-0.05, 0) is 23.9 Å². The minimum atomic E-state index is -4.33. The molecular weight excluding hydrogens is 285 g/mol. The summed E-state index contributed by atoms with van der Waals surface area (Å²) in [6, 6.07) is 2.89. The van der Waals surface area contributed by atoms with Crippen molar-refractivity contribution in [3.63, 3.8) is 0 Å². The Hall–Kier alpha value is -1.64. The molecule has 1 heterocycles. The highest BCUT2D eigenvalue weighted by Gasteiger charge is 2.27. The van der Waals surface area contributed by atoms with E-state index in [1.54, 1.807) is 0 Å². The second kappa shape index (κ2) is 6.50. The number of aliphatic carboxylic acids is 1. The highest BCUT2D eigenvalue weighted by Crippen LogP contribution is 2.29. The maximum Gasteiger partial charge on any atom is 0.441 e. The van der Waals surface area contributed by atoms with Gasteiger partial charge in [0.25, 0.3) is 5.91 Å². The fraction of sp³-hybridized carbons (Fsp3) is 0.400. The Morgan fingerprint density at radius 3 is 2.68 bits per heavy atom. The van der Waals surface area contributed by atoms with Gasteiger partial charge in [0.1, 0.15) is 12.2 Å². The summed E-state index contributed by atoms with van der Waals surface area (Å²) in [5, 5.41) is 10.9. The number of carboxylic acid groups (broad SMARTS) is 1. The van der Waals surface area contributed by atoms with E-state index in [1.165, 1.54) is 22.9 Å².